The maximum Gasteiger partial charge on any atom is 0.251 e. The number of nitrogens with one attached hydrogen (secondary N) is 1. The number of likely N-dealkylation sites (tertiary alicyclic amines) is 1. The molecule has 2 aromatic rings. The lowest BCUT2D eigenvalue weighted by atomic mass is 10.0. The Hall–Kier alpha value is -3.26. The first-order valence-electron chi connectivity index (χ1n) is 13.5. The number of thiazole rings is 1. The van der Waals surface area contributed by atoms with Crippen LogP contribution in [-0.4, -0.2) is 96.9 Å². The fraction of sp³-hybridized carbons (Fsp3) is 0.517. The van der Waals surface area contributed by atoms with Crippen molar-refractivity contribution in [1.82, 2.24) is 20.1 Å². The van der Waals surface area contributed by atoms with Crippen molar-refractivity contribution in [2.75, 3.05) is 51.3 Å². The first-order chi connectivity index (χ1) is 18.7. The van der Waals surface area contributed by atoms with Crippen molar-refractivity contribution in [2.45, 2.75) is 38.5 Å². The fourth-order valence-electron chi connectivity index (χ4n) is 5.50. The standard InChI is InChI=1S/C29H35N5O4S/c1-5-19-15-34(25-24(35)16-38-26(19)25)28(37)22(14-18(2)3)30-27(36)21-8-6-20(7-9-21)23-17-39-29(31-23)33-12-10-32(4)11-13-33/h1,6-9,17-19,22,25-26H,10-16H2,2-4H3,(H,30,36)/t19-,22?,25-,26-/m1/s1. The van der Waals surface area contributed by atoms with Gasteiger partial charge in [-0.15, -0.1) is 17.8 Å². The molecular weight excluding hydrogens is 514 g/mol. The van der Waals surface area contributed by atoms with Gasteiger partial charge in [0.15, 0.2) is 10.9 Å². The Labute approximate surface area is 233 Å². The summed E-state index contributed by atoms with van der Waals surface area (Å²) in [5.41, 5.74) is 2.26. The van der Waals surface area contributed by atoms with Crippen molar-refractivity contribution in [3.63, 3.8) is 0 Å². The van der Waals surface area contributed by atoms with Gasteiger partial charge >= 0.3 is 0 Å². The summed E-state index contributed by atoms with van der Waals surface area (Å²) in [6.45, 7) is 8.16. The van der Waals surface area contributed by atoms with Gasteiger partial charge in [0.05, 0.1) is 11.6 Å². The van der Waals surface area contributed by atoms with E-state index >= 15 is 0 Å². The molecule has 2 amide bonds. The summed E-state index contributed by atoms with van der Waals surface area (Å²) in [4.78, 5) is 50.3. The number of nitrogens with zero attached hydrogens (tertiary/aromatic N) is 4. The number of amides is 2. The number of rotatable bonds is 7. The van der Waals surface area contributed by atoms with E-state index in [1.165, 1.54) is 4.90 Å². The molecule has 0 radical (unpaired) electrons. The van der Waals surface area contributed by atoms with Gasteiger partial charge < -0.3 is 24.8 Å². The molecule has 3 aliphatic heterocycles. The van der Waals surface area contributed by atoms with E-state index in [2.05, 4.69) is 28.1 Å². The molecule has 9 nitrogen and oxygen atoms in total. The van der Waals surface area contributed by atoms with E-state index in [1.807, 2.05) is 31.4 Å². The van der Waals surface area contributed by atoms with Gasteiger partial charge in [0.1, 0.15) is 24.8 Å². The number of anilines is 1. The molecule has 1 N–H and O–H groups in total. The fourth-order valence-corrected chi connectivity index (χ4v) is 6.38. The van der Waals surface area contributed by atoms with Crippen LogP contribution in [-0.2, 0) is 14.3 Å². The lowest BCUT2D eigenvalue weighted by Gasteiger charge is -2.32. The maximum atomic E-state index is 13.6. The molecule has 3 saturated heterocycles. The van der Waals surface area contributed by atoms with Gasteiger partial charge in [0.25, 0.3) is 5.91 Å². The topological polar surface area (TPSA) is 95.1 Å². The zero-order chi connectivity index (χ0) is 27.7. The smallest absolute Gasteiger partial charge is 0.251 e. The van der Waals surface area contributed by atoms with E-state index in [0.717, 1.165) is 42.6 Å². The van der Waals surface area contributed by atoms with Crippen LogP contribution >= 0.6 is 11.3 Å². The number of benzene rings is 1. The Kier molecular flexibility index (Phi) is 8.03. The highest BCUT2D eigenvalue weighted by Gasteiger charge is 2.52. The van der Waals surface area contributed by atoms with E-state index in [9.17, 15) is 14.4 Å². The highest BCUT2D eigenvalue weighted by molar-refractivity contribution is 7.14. The number of hydrogen-bond acceptors (Lipinski definition) is 8. The number of Topliss-reactive ketones (excluding diaryl/α,β-unsaturated/α-hetero) is 1. The molecular formula is C29H35N5O4S. The molecule has 4 atom stereocenters. The monoisotopic (exact) mass is 549 g/mol. The Morgan fingerprint density at radius 2 is 1.92 bits per heavy atom. The lowest BCUT2D eigenvalue weighted by Crippen LogP contribution is -2.52. The number of fused-ring (bicyclic) bond motifs is 1. The number of carbonyl (C=O) groups is 3. The zero-order valence-electron chi connectivity index (χ0n) is 22.6. The summed E-state index contributed by atoms with van der Waals surface area (Å²) in [6.07, 6.45) is 5.62. The average Bonchev–Trinajstić information content (AvgIpc) is 3.65. The van der Waals surface area contributed by atoms with E-state index in [1.54, 1.807) is 23.5 Å². The number of ether oxygens (including phenoxy) is 1. The molecule has 10 heteroatoms. The van der Waals surface area contributed by atoms with Crippen molar-refractivity contribution in [3.05, 3.63) is 35.2 Å². The highest BCUT2D eigenvalue weighted by atomic mass is 32.1. The predicted molar refractivity (Wildman–Crippen MR) is 151 cm³/mol. The first-order valence-corrected chi connectivity index (χ1v) is 14.3. The second-order valence-electron chi connectivity index (χ2n) is 11.0. The number of ketones is 1. The Balaban J connectivity index is 1.27. The van der Waals surface area contributed by atoms with Crippen LogP contribution in [0.25, 0.3) is 11.3 Å². The van der Waals surface area contributed by atoms with E-state index in [4.69, 9.17) is 16.1 Å². The average molecular weight is 550 g/mol. The van der Waals surface area contributed by atoms with Crippen LogP contribution in [0, 0.1) is 24.2 Å². The quantitative estimate of drug-likeness (QED) is 0.529. The molecule has 206 valence electrons. The number of aromatic nitrogens is 1. The van der Waals surface area contributed by atoms with E-state index in [-0.39, 0.29) is 42.6 Å². The number of likely N-dealkylation sites (N-methyl/N-ethyl adjacent to an activating group) is 1. The Bertz CT molecular complexity index is 1260. The molecule has 3 fully saturated rings. The summed E-state index contributed by atoms with van der Waals surface area (Å²) in [7, 11) is 2.13. The normalized spacial score (nSPS) is 24.1. The summed E-state index contributed by atoms with van der Waals surface area (Å²) >= 11 is 1.63. The van der Waals surface area contributed by atoms with Crippen LogP contribution in [0.1, 0.15) is 30.6 Å². The van der Waals surface area contributed by atoms with Gasteiger partial charge in [-0.2, -0.15) is 0 Å². The third-order valence-corrected chi connectivity index (χ3v) is 8.60. The number of piperazine rings is 1. The first kappa shape index (κ1) is 27.3. The molecule has 4 heterocycles. The van der Waals surface area contributed by atoms with Crippen molar-refractivity contribution < 1.29 is 19.1 Å². The number of hydrogen-bond donors (Lipinski definition) is 1. The van der Waals surface area contributed by atoms with Crippen LogP contribution < -0.4 is 10.2 Å². The molecule has 1 aromatic carbocycles. The molecule has 39 heavy (non-hydrogen) atoms. The highest BCUT2D eigenvalue weighted by Crippen LogP contribution is 2.32. The van der Waals surface area contributed by atoms with E-state index < -0.39 is 18.2 Å². The van der Waals surface area contributed by atoms with Gasteiger partial charge in [0, 0.05) is 49.2 Å². The maximum absolute atomic E-state index is 13.6. The Morgan fingerprint density at radius 3 is 2.59 bits per heavy atom. The number of carbonyl (C=O) groups excluding carboxylic acids is 3. The van der Waals surface area contributed by atoms with Crippen LogP contribution in [0.3, 0.4) is 0 Å². The predicted octanol–water partition coefficient (Wildman–Crippen LogP) is 2.13. The second-order valence-corrected chi connectivity index (χ2v) is 11.8. The van der Waals surface area contributed by atoms with Crippen molar-refractivity contribution in [2.24, 2.45) is 11.8 Å². The zero-order valence-corrected chi connectivity index (χ0v) is 23.4. The van der Waals surface area contributed by atoms with E-state index in [0.29, 0.717) is 12.0 Å². The molecule has 0 spiro atoms. The summed E-state index contributed by atoms with van der Waals surface area (Å²) in [5, 5.41) is 5.97. The third-order valence-electron chi connectivity index (χ3n) is 7.70. The molecule has 0 bridgehead atoms. The van der Waals surface area contributed by atoms with Crippen LogP contribution in [0.15, 0.2) is 29.6 Å². The third kappa shape index (κ3) is 5.71. The van der Waals surface area contributed by atoms with Gasteiger partial charge in [-0.25, -0.2) is 4.98 Å². The Morgan fingerprint density at radius 1 is 1.21 bits per heavy atom. The van der Waals surface area contributed by atoms with Crippen LogP contribution in [0.2, 0.25) is 0 Å². The van der Waals surface area contributed by atoms with Crippen LogP contribution in [0.5, 0.6) is 0 Å². The second kappa shape index (κ2) is 11.5. The minimum absolute atomic E-state index is 0.0410. The lowest BCUT2D eigenvalue weighted by molar-refractivity contribution is -0.138. The molecule has 0 saturated carbocycles. The molecule has 1 unspecified atom stereocenters. The summed E-state index contributed by atoms with van der Waals surface area (Å²) in [5.74, 6) is 1.70. The molecule has 1 aromatic heterocycles. The summed E-state index contributed by atoms with van der Waals surface area (Å²) in [6, 6.07) is 5.82. The molecule has 3 aliphatic rings. The van der Waals surface area contributed by atoms with Gasteiger partial charge in [-0.3, -0.25) is 14.4 Å². The number of terminal acetylenes is 1. The van der Waals surface area contributed by atoms with Gasteiger partial charge in [-0.1, -0.05) is 31.9 Å². The van der Waals surface area contributed by atoms with Crippen molar-refractivity contribution >= 4 is 34.1 Å². The SMILES string of the molecule is C#C[C@@H]1CN(C(=O)C(CC(C)C)NC(=O)c2ccc(-c3csc(N4CCN(C)CC4)n3)cc2)[C@@H]2C(=O)CO[C@H]12. The molecule has 0 aliphatic carbocycles. The molecule has 5 rings (SSSR count). The summed E-state index contributed by atoms with van der Waals surface area (Å²) < 4.78 is 5.59. The van der Waals surface area contributed by atoms with Gasteiger partial charge in [-0.05, 0) is 31.5 Å². The largest absolute Gasteiger partial charge is 0.366 e. The minimum atomic E-state index is -0.771. The van der Waals surface area contributed by atoms with Gasteiger partial charge in [0.2, 0.25) is 5.91 Å². The van der Waals surface area contributed by atoms with Crippen molar-refractivity contribution in [1.29, 1.82) is 0 Å². The van der Waals surface area contributed by atoms with Crippen LogP contribution in [0.4, 0.5) is 5.13 Å². The minimum Gasteiger partial charge on any atom is -0.366 e. The van der Waals surface area contributed by atoms with Crippen molar-refractivity contribution in [3.8, 4) is 23.6 Å².